The van der Waals surface area contributed by atoms with Crippen molar-refractivity contribution in [3.8, 4) is 0 Å². The minimum Gasteiger partial charge on any atom is -0.385 e. The highest BCUT2D eigenvalue weighted by atomic mass is 19.4. The second-order valence-electron chi connectivity index (χ2n) is 3.25. The molecule has 0 saturated carbocycles. The Kier molecular flexibility index (Phi) is 3.72. The first-order valence-corrected chi connectivity index (χ1v) is 4.56. The number of anilines is 1. The van der Waals surface area contributed by atoms with Gasteiger partial charge in [0.05, 0.1) is 0 Å². The number of halogens is 5. The molecule has 0 aliphatic heterocycles. The van der Waals surface area contributed by atoms with Crippen LogP contribution in [0.1, 0.15) is 6.42 Å². The number of rotatable bonds is 4. The maximum atomic E-state index is 12.5. The van der Waals surface area contributed by atoms with Gasteiger partial charge in [-0.2, -0.15) is 22.0 Å². The molecular formula is C10H10F5N. The molecule has 0 aliphatic rings. The van der Waals surface area contributed by atoms with E-state index in [1.54, 1.807) is 30.3 Å². The minimum absolute atomic E-state index is 0.434. The first kappa shape index (κ1) is 12.7. The normalized spacial score (nSPS) is 12.6. The van der Waals surface area contributed by atoms with E-state index in [0.29, 0.717) is 5.69 Å². The zero-order valence-electron chi connectivity index (χ0n) is 8.19. The third-order valence-corrected chi connectivity index (χ3v) is 1.96. The lowest BCUT2D eigenvalue weighted by Crippen LogP contribution is -2.37. The number of nitrogens with one attached hydrogen (secondary N) is 1. The maximum absolute atomic E-state index is 12.5. The predicted octanol–water partition coefficient (Wildman–Crippen LogP) is 3.69. The van der Waals surface area contributed by atoms with Crippen LogP contribution < -0.4 is 5.32 Å². The molecule has 1 aromatic rings. The number of hydrogen-bond acceptors (Lipinski definition) is 1. The average molecular weight is 239 g/mol. The zero-order valence-corrected chi connectivity index (χ0v) is 8.19. The van der Waals surface area contributed by atoms with Crippen LogP contribution in [-0.2, 0) is 0 Å². The van der Waals surface area contributed by atoms with Crippen molar-refractivity contribution < 1.29 is 22.0 Å². The molecule has 6 heteroatoms. The number of para-hydroxylation sites is 1. The number of hydrogen-bond donors (Lipinski definition) is 1. The standard InChI is InChI=1S/C10H10F5N/c11-9(12,10(13,14)15)6-7-16-8-4-2-1-3-5-8/h1-5,16H,6-7H2. The Bertz CT molecular complexity index is 320. The summed E-state index contributed by atoms with van der Waals surface area (Å²) in [6, 6.07) is 8.21. The van der Waals surface area contributed by atoms with Crippen LogP contribution in [0.3, 0.4) is 0 Å². The van der Waals surface area contributed by atoms with Crippen LogP contribution in [0.25, 0.3) is 0 Å². The lowest BCUT2D eigenvalue weighted by atomic mass is 10.2. The van der Waals surface area contributed by atoms with Crippen molar-refractivity contribution >= 4 is 5.69 Å². The monoisotopic (exact) mass is 239 g/mol. The Labute approximate surface area is 89.3 Å². The highest BCUT2D eigenvalue weighted by molar-refractivity contribution is 5.42. The number of benzene rings is 1. The first-order chi connectivity index (χ1) is 7.33. The highest BCUT2D eigenvalue weighted by Crippen LogP contribution is 2.37. The van der Waals surface area contributed by atoms with Crippen molar-refractivity contribution in [2.45, 2.75) is 18.5 Å². The van der Waals surface area contributed by atoms with E-state index in [-0.39, 0.29) is 0 Å². The summed E-state index contributed by atoms with van der Waals surface area (Å²) >= 11 is 0. The van der Waals surface area contributed by atoms with Crippen molar-refractivity contribution in [1.29, 1.82) is 0 Å². The second-order valence-corrected chi connectivity index (χ2v) is 3.25. The summed E-state index contributed by atoms with van der Waals surface area (Å²) in [7, 11) is 0. The molecule has 90 valence electrons. The average Bonchev–Trinajstić information content (AvgIpc) is 2.17. The summed E-state index contributed by atoms with van der Waals surface area (Å²) in [5.74, 6) is -4.64. The van der Waals surface area contributed by atoms with Gasteiger partial charge in [-0.25, -0.2) is 0 Å². The smallest absolute Gasteiger partial charge is 0.385 e. The molecule has 1 N–H and O–H groups in total. The summed E-state index contributed by atoms with van der Waals surface area (Å²) in [5, 5.41) is 2.49. The lowest BCUT2D eigenvalue weighted by molar-refractivity contribution is -0.283. The second kappa shape index (κ2) is 4.67. The molecular weight excluding hydrogens is 229 g/mol. The van der Waals surface area contributed by atoms with Gasteiger partial charge in [0.15, 0.2) is 0 Å². The van der Waals surface area contributed by atoms with Gasteiger partial charge < -0.3 is 5.32 Å². The molecule has 0 spiro atoms. The van der Waals surface area contributed by atoms with Crippen molar-refractivity contribution in [3.63, 3.8) is 0 Å². The largest absolute Gasteiger partial charge is 0.453 e. The molecule has 0 atom stereocenters. The van der Waals surface area contributed by atoms with Gasteiger partial charge in [-0.15, -0.1) is 0 Å². The van der Waals surface area contributed by atoms with Crippen molar-refractivity contribution in [1.82, 2.24) is 0 Å². The number of alkyl halides is 5. The van der Waals surface area contributed by atoms with E-state index < -0.39 is 25.1 Å². The van der Waals surface area contributed by atoms with E-state index in [1.165, 1.54) is 0 Å². The van der Waals surface area contributed by atoms with Gasteiger partial charge in [0.2, 0.25) is 0 Å². The molecule has 16 heavy (non-hydrogen) atoms. The van der Waals surface area contributed by atoms with Crippen LogP contribution in [0.4, 0.5) is 27.6 Å². The van der Waals surface area contributed by atoms with E-state index in [0.717, 1.165) is 0 Å². The topological polar surface area (TPSA) is 12.0 Å². The molecule has 0 aromatic heterocycles. The summed E-state index contributed by atoms with van der Waals surface area (Å²) in [4.78, 5) is 0. The summed E-state index contributed by atoms with van der Waals surface area (Å²) < 4.78 is 60.3. The van der Waals surface area contributed by atoms with Gasteiger partial charge in [-0.1, -0.05) is 18.2 Å². The molecule has 0 heterocycles. The van der Waals surface area contributed by atoms with Crippen LogP contribution in [-0.4, -0.2) is 18.6 Å². The molecule has 0 fully saturated rings. The van der Waals surface area contributed by atoms with Gasteiger partial charge in [0.25, 0.3) is 0 Å². The predicted molar refractivity (Wildman–Crippen MR) is 50.6 cm³/mol. The fourth-order valence-electron chi connectivity index (χ4n) is 1.06. The minimum atomic E-state index is -5.48. The van der Waals surface area contributed by atoms with Crippen molar-refractivity contribution in [2.24, 2.45) is 0 Å². The van der Waals surface area contributed by atoms with Crippen LogP contribution in [0.15, 0.2) is 30.3 Å². The third-order valence-electron chi connectivity index (χ3n) is 1.96. The summed E-state index contributed by atoms with van der Waals surface area (Å²) in [6.07, 6.45) is -6.75. The molecule has 1 aromatic carbocycles. The molecule has 1 nitrogen and oxygen atoms in total. The van der Waals surface area contributed by atoms with Gasteiger partial charge in [-0.05, 0) is 12.1 Å². The van der Waals surface area contributed by atoms with Crippen LogP contribution in [0, 0.1) is 0 Å². The molecule has 1 rings (SSSR count). The fraction of sp³-hybridized carbons (Fsp3) is 0.400. The van der Waals surface area contributed by atoms with Crippen molar-refractivity contribution in [2.75, 3.05) is 11.9 Å². The van der Waals surface area contributed by atoms with Gasteiger partial charge >= 0.3 is 12.1 Å². The molecule has 0 aliphatic carbocycles. The quantitative estimate of drug-likeness (QED) is 0.790. The SMILES string of the molecule is FC(F)(F)C(F)(F)CCNc1ccccc1. The molecule has 0 amide bonds. The zero-order chi connectivity index (χ0) is 12.2. The fourth-order valence-corrected chi connectivity index (χ4v) is 1.06. The van der Waals surface area contributed by atoms with Crippen LogP contribution in [0.5, 0.6) is 0 Å². The Morgan fingerprint density at radius 2 is 1.50 bits per heavy atom. The van der Waals surface area contributed by atoms with Gasteiger partial charge in [0, 0.05) is 18.7 Å². The summed E-state index contributed by atoms with van der Waals surface area (Å²) in [6.45, 7) is -0.434. The van der Waals surface area contributed by atoms with E-state index in [2.05, 4.69) is 5.32 Å². The molecule has 0 bridgehead atoms. The van der Waals surface area contributed by atoms with Crippen molar-refractivity contribution in [3.05, 3.63) is 30.3 Å². The molecule has 0 saturated heterocycles. The van der Waals surface area contributed by atoms with Gasteiger partial charge in [-0.3, -0.25) is 0 Å². The Hall–Kier alpha value is -1.33. The molecule has 0 radical (unpaired) electrons. The van der Waals surface area contributed by atoms with Crippen LogP contribution in [0.2, 0.25) is 0 Å². The van der Waals surface area contributed by atoms with E-state index in [9.17, 15) is 22.0 Å². The summed E-state index contributed by atoms with van der Waals surface area (Å²) in [5.41, 5.74) is 0.514. The van der Waals surface area contributed by atoms with Crippen LogP contribution >= 0.6 is 0 Å². The Morgan fingerprint density at radius 3 is 2.00 bits per heavy atom. The van der Waals surface area contributed by atoms with E-state index in [4.69, 9.17) is 0 Å². The highest BCUT2D eigenvalue weighted by Gasteiger charge is 2.56. The van der Waals surface area contributed by atoms with E-state index >= 15 is 0 Å². The third kappa shape index (κ3) is 3.36. The van der Waals surface area contributed by atoms with Gasteiger partial charge in [0.1, 0.15) is 0 Å². The lowest BCUT2D eigenvalue weighted by Gasteiger charge is -2.19. The first-order valence-electron chi connectivity index (χ1n) is 4.56. The van der Waals surface area contributed by atoms with E-state index in [1.807, 2.05) is 0 Å². The maximum Gasteiger partial charge on any atom is 0.453 e. The molecule has 0 unspecified atom stereocenters. The Morgan fingerprint density at radius 1 is 0.938 bits per heavy atom. The Balaban J connectivity index is 2.42.